The van der Waals surface area contributed by atoms with Gasteiger partial charge in [-0.25, -0.2) is 0 Å². The molecular weight excluding hydrogens is 184 g/mol. The monoisotopic (exact) mass is 200 g/mol. The van der Waals surface area contributed by atoms with Crippen molar-refractivity contribution in [1.29, 1.82) is 0 Å². The Morgan fingerprint density at radius 2 is 1.69 bits per heavy atom. The third-order valence-corrected chi connectivity index (χ3v) is 4.17. The van der Waals surface area contributed by atoms with Crippen LogP contribution in [0.5, 0.6) is 0 Å². The maximum Gasteiger partial charge on any atom is 0.224 e. The van der Waals surface area contributed by atoms with Crippen LogP contribution in [0.3, 0.4) is 0 Å². The Morgan fingerprint density at radius 1 is 1.00 bits per heavy atom. The molecule has 74 valence electrons. The van der Waals surface area contributed by atoms with Gasteiger partial charge in [-0.05, 0) is 42.7 Å². The molecule has 0 aliphatic heterocycles. The fourth-order valence-electron chi connectivity index (χ4n) is 3.08. The minimum absolute atomic E-state index is 0.0935. The third-order valence-electron chi connectivity index (χ3n) is 3.86. The predicted octanol–water partition coefficient (Wildman–Crippen LogP) is 3.36. The average Bonchev–Trinajstić information content (AvgIpc) is 2.17. The van der Waals surface area contributed by atoms with Crippen LogP contribution in [-0.4, -0.2) is 5.24 Å². The van der Waals surface area contributed by atoms with E-state index in [0.29, 0.717) is 0 Å². The second kappa shape index (κ2) is 4.00. The first-order valence-corrected chi connectivity index (χ1v) is 5.84. The van der Waals surface area contributed by atoms with Crippen LogP contribution in [-0.2, 0) is 4.79 Å². The van der Waals surface area contributed by atoms with Crippen molar-refractivity contribution in [2.75, 3.05) is 0 Å². The molecule has 0 aromatic carbocycles. The van der Waals surface area contributed by atoms with Gasteiger partial charge in [-0.15, -0.1) is 0 Å². The van der Waals surface area contributed by atoms with Crippen LogP contribution in [0.2, 0.25) is 0 Å². The number of hydrogen-bond donors (Lipinski definition) is 0. The first-order valence-electron chi connectivity index (χ1n) is 5.46. The Hall–Kier alpha value is -0.0400. The van der Waals surface area contributed by atoms with Crippen LogP contribution in [0.1, 0.15) is 44.9 Å². The summed E-state index contributed by atoms with van der Waals surface area (Å²) in [5.74, 6) is 1.91. The fourth-order valence-corrected chi connectivity index (χ4v) is 3.28. The number of carbonyl (C=O) groups is 1. The highest BCUT2D eigenvalue weighted by atomic mass is 35.5. The minimum Gasteiger partial charge on any atom is -0.281 e. The van der Waals surface area contributed by atoms with Gasteiger partial charge in [0.15, 0.2) is 0 Å². The minimum atomic E-state index is -0.0935. The molecule has 0 amide bonds. The van der Waals surface area contributed by atoms with Crippen molar-refractivity contribution in [2.24, 2.45) is 17.8 Å². The standard InChI is InChI=1S/C11H17ClO/c12-11(13)10-6-5-8-3-1-2-4-9(8)7-10/h8-10H,1-7H2/t8-,9-,10+/m0/s1. The van der Waals surface area contributed by atoms with Gasteiger partial charge in [0.25, 0.3) is 0 Å². The van der Waals surface area contributed by atoms with Crippen LogP contribution in [0.4, 0.5) is 0 Å². The summed E-state index contributed by atoms with van der Waals surface area (Å²) < 4.78 is 0. The molecule has 1 nitrogen and oxygen atoms in total. The van der Waals surface area contributed by atoms with Gasteiger partial charge in [0.2, 0.25) is 5.24 Å². The van der Waals surface area contributed by atoms with E-state index in [2.05, 4.69) is 0 Å². The summed E-state index contributed by atoms with van der Waals surface area (Å²) >= 11 is 5.55. The Labute approximate surface area is 84.8 Å². The molecule has 0 heterocycles. The third kappa shape index (κ3) is 2.07. The van der Waals surface area contributed by atoms with Gasteiger partial charge in [0.1, 0.15) is 0 Å². The highest BCUT2D eigenvalue weighted by Crippen LogP contribution is 2.43. The van der Waals surface area contributed by atoms with E-state index in [1.165, 1.54) is 32.1 Å². The van der Waals surface area contributed by atoms with E-state index in [-0.39, 0.29) is 11.2 Å². The second-order valence-electron chi connectivity index (χ2n) is 4.62. The molecule has 0 radical (unpaired) electrons. The molecule has 0 aromatic heterocycles. The normalized spacial score (nSPS) is 39.6. The number of rotatable bonds is 1. The summed E-state index contributed by atoms with van der Waals surface area (Å²) in [6, 6.07) is 0. The molecular formula is C11H17ClO. The van der Waals surface area contributed by atoms with E-state index in [1.54, 1.807) is 0 Å². The molecule has 2 rings (SSSR count). The van der Waals surface area contributed by atoms with Crippen LogP contribution in [0.25, 0.3) is 0 Å². The maximum absolute atomic E-state index is 11.0. The topological polar surface area (TPSA) is 17.1 Å². The zero-order valence-corrected chi connectivity index (χ0v) is 8.72. The molecule has 2 aliphatic carbocycles. The van der Waals surface area contributed by atoms with Crippen molar-refractivity contribution in [2.45, 2.75) is 44.9 Å². The van der Waals surface area contributed by atoms with Crippen LogP contribution in [0, 0.1) is 17.8 Å². The van der Waals surface area contributed by atoms with Gasteiger partial charge in [0, 0.05) is 5.92 Å². The zero-order valence-electron chi connectivity index (χ0n) is 7.97. The van der Waals surface area contributed by atoms with Gasteiger partial charge >= 0.3 is 0 Å². The lowest BCUT2D eigenvalue weighted by Gasteiger charge is -2.38. The van der Waals surface area contributed by atoms with Gasteiger partial charge in [0.05, 0.1) is 0 Å². The van der Waals surface area contributed by atoms with Crippen molar-refractivity contribution >= 4 is 16.8 Å². The molecule has 2 fully saturated rings. The lowest BCUT2D eigenvalue weighted by atomic mass is 9.68. The van der Waals surface area contributed by atoms with Crippen molar-refractivity contribution in [3.05, 3.63) is 0 Å². The second-order valence-corrected chi connectivity index (χ2v) is 4.99. The van der Waals surface area contributed by atoms with E-state index in [9.17, 15) is 4.79 Å². The Kier molecular flexibility index (Phi) is 2.92. The average molecular weight is 201 g/mol. The quantitative estimate of drug-likeness (QED) is 0.594. The Balaban J connectivity index is 1.95. The fraction of sp³-hybridized carbons (Fsp3) is 0.909. The van der Waals surface area contributed by atoms with Gasteiger partial charge < -0.3 is 0 Å². The van der Waals surface area contributed by atoms with Crippen molar-refractivity contribution in [3.8, 4) is 0 Å². The van der Waals surface area contributed by atoms with Crippen LogP contribution < -0.4 is 0 Å². The smallest absolute Gasteiger partial charge is 0.224 e. The van der Waals surface area contributed by atoms with Gasteiger partial charge in [-0.2, -0.15) is 0 Å². The van der Waals surface area contributed by atoms with E-state index >= 15 is 0 Å². The first-order chi connectivity index (χ1) is 6.27. The molecule has 2 aliphatic rings. The summed E-state index contributed by atoms with van der Waals surface area (Å²) in [5.41, 5.74) is 0. The van der Waals surface area contributed by atoms with Crippen molar-refractivity contribution < 1.29 is 4.79 Å². The molecule has 13 heavy (non-hydrogen) atoms. The molecule has 0 saturated heterocycles. The Bertz CT molecular complexity index is 202. The number of halogens is 1. The van der Waals surface area contributed by atoms with E-state index in [0.717, 1.165) is 24.7 Å². The van der Waals surface area contributed by atoms with Gasteiger partial charge in [-0.1, -0.05) is 25.7 Å². The number of hydrogen-bond acceptors (Lipinski definition) is 1. The van der Waals surface area contributed by atoms with Gasteiger partial charge in [-0.3, -0.25) is 4.79 Å². The molecule has 0 aromatic rings. The Morgan fingerprint density at radius 3 is 2.38 bits per heavy atom. The van der Waals surface area contributed by atoms with E-state index in [4.69, 9.17) is 11.6 Å². The molecule has 0 unspecified atom stereocenters. The highest BCUT2D eigenvalue weighted by Gasteiger charge is 2.34. The number of carbonyl (C=O) groups excluding carboxylic acids is 1. The molecule has 3 atom stereocenters. The van der Waals surface area contributed by atoms with Crippen molar-refractivity contribution in [3.63, 3.8) is 0 Å². The predicted molar refractivity (Wildman–Crippen MR) is 53.6 cm³/mol. The van der Waals surface area contributed by atoms with E-state index in [1.807, 2.05) is 0 Å². The summed E-state index contributed by atoms with van der Waals surface area (Å²) in [7, 11) is 0. The van der Waals surface area contributed by atoms with Crippen LogP contribution in [0.15, 0.2) is 0 Å². The molecule has 0 N–H and O–H groups in total. The largest absolute Gasteiger partial charge is 0.281 e. The summed E-state index contributed by atoms with van der Waals surface area (Å²) in [6.07, 6.45) is 8.87. The van der Waals surface area contributed by atoms with Crippen molar-refractivity contribution in [1.82, 2.24) is 0 Å². The summed E-state index contributed by atoms with van der Waals surface area (Å²) in [5, 5.41) is -0.0935. The van der Waals surface area contributed by atoms with E-state index < -0.39 is 0 Å². The zero-order chi connectivity index (χ0) is 9.26. The summed E-state index contributed by atoms with van der Waals surface area (Å²) in [6.45, 7) is 0. The highest BCUT2D eigenvalue weighted by molar-refractivity contribution is 6.63. The maximum atomic E-state index is 11.0. The SMILES string of the molecule is O=C(Cl)[C@@H]1CC[C@@H]2CCCC[C@H]2C1. The lowest BCUT2D eigenvalue weighted by Crippen LogP contribution is -2.29. The molecule has 0 spiro atoms. The number of fused-ring (bicyclic) bond motifs is 1. The summed E-state index contributed by atoms with van der Waals surface area (Å²) in [4.78, 5) is 11.0. The first kappa shape index (κ1) is 9.51. The molecule has 0 bridgehead atoms. The van der Waals surface area contributed by atoms with Crippen LogP contribution >= 0.6 is 11.6 Å². The lowest BCUT2D eigenvalue weighted by molar-refractivity contribution is -0.117. The molecule has 2 saturated carbocycles. The molecule has 2 heteroatoms.